The van der Waals surface area contributed by atoms with Crippen LogP contribution in [0.25, 0.3) is 0 Å². The van der Waals surface area contributed by atoms with Crippen LogP contribution in [0.4, 0.5) is 16.2 Å². The maximum absolute atomic E-state index is 12.7. The Morgan fingerprint density at radius 3 is 1.84 bits per heavy atom. The maximum Gasteiger partial charge on any atom is 0.341 e. The van der Waals surface area contributed by atoms with E-state index < -0.39 is 18.1 Å². The van der Waals surface area contributed by atoms with E-state index in [1.54, 1.807) is 60.7 Å². The van der Waals surface area contributed by atoms with E-state index >= 15 is 0 Å². The zero-order valence-electron chi connectivity index (χ0n) is 20.3. The van der Waals surface area contributed by atoms with E-state index in [2.05, 4.69) is 10.6 Å². The first-order chi connectivity index (χ1) is 18.4. The summed E-state index contributed by atoms with van der Waals surface area (Å²) in [4.78, 5) is 25.2. The molecule has 0 saturated carbocycles. The van der Waals surface area contributed by atoms with Gasteiger partial charge in [-0.15, -0.1) is 0 Å². The number of carbonyl (C=O) groups excluding carboxylic acids is 2. The molecule has 0 spiro atoms. The van der Waals surface area contributed by atoms with E-state index in [-0.39, 0.29) is 17.9 Å². The van der Waals surface area contributed by atoms with Crippen molar-refractivity contribution in [2.75, 3.05) is 17.7 Å². The first-order valence-electron chi connectivity index (χ1n) is 11.5. The number of urea groups is 1. The summed E-state index contributed by atoms with van der Waals surface area (Å²) in [5, 5.41) is 15.7. The first kappa shape index (κ1) is 27.0. The van der Waals surface area contributed by atoms with E-state index in [0.29, 0.717) is 21.4 Å². The first-order valence-corrected chi connectivity index (χ1v) is 12.3. The van der Waals surface area contributed by atoms with Crippen LogP contribution >= 0.6 is 23.2 Å². The molecule has 0 aliphatic rings. The number of anilines is 2. The van der Waals surface area contributed by atoms with Crippen molar-refractivity contribution in [3.63, 3.8) is 0 Å². The molecule has 3 N–H and O–H groups in total. The van der Waals surface area contributed by atoms with Crippen molar-refractivity contribution < 1.29 is 24.2 Å². The van der Waals surface area contributed by atoms with Gasteiger partial charge < -0.3 is 25.2 Å². The third-order valence-electron chi connectivity index (χ3n) is 5.63. The fraction of sp³-hybridized carbons (Fsp3) is 0.103. The minimum Gasteiger partial charge on any atom is -0.480 e. The molecular weight excluding hydrogens is 527 g/mol. The zero-order chi connectivity index (χ0) is 27.1. The Morgan fingerprint density at radius 2 is 1.32 bits per heavy atom. The number of carbonyl (C=O) groups is 2. The standard InChI is InChI=1S/C29H24Cl2N2O5/c1-37-28(35)25-16-24(33-29(36)32-23-12-2-18(17-34)3-13-23)14-15-26(25)38-27(19-4-8-21(30)9-5-19)20-6-10-22(31)11-7-20/h2-16,27,34H,17H2,1H3,(H2,32,33,36). The summed E-state index contributed by atoms with van der Waals surface area (Å²) >= 11 is 12.2. The number of esters is 1. The molecule has 0 aliphatic carbocycles. The van der Waals surface area contributed by atoms with Crippen LogP contribution in [-0.2, 0) is 11.3 Å². The second-order valence-electron chi connectivity index (χ2n) is 8.24. The lowest BCUT2D eigenvalue weighted by Gasteiger charge is -2.22. The summed E-state index contributed by atoms with van der Waals surface area (Å²) in [5.74, 6) is -0.369. The van der Waals surface area contributed by atoms with Gasteiger partial charge in [-0.1, -0.05) is 59.6 Å². The molecule has 0 heterocycles. The minimum atomic E-state index is -0.630. The summed E-state index contributed by atoms with van der Waals surface area (Å²) < 4.78 is 11.3. The number of benzene rings is 4. The van der Waals surface area contributed by atoms with Gasteiger partial charge in [0.05, 0.1) is 13.7 Å². The SMILES string of the molecule is COC(=O)c1cc(NC(=O)Nc2ccc(CO)cc2)ccc1OC(c1ccc(Cl)cc1)c1ccc(Cl)cc1. The molecule has 0 radical (unpaired) electrons. The van der Waals surface area contributed by atoms with Crippen LogP contribution in [0.15, 0.2) is 91.0 Å². The quantitative estimate of drug-likeness (QED) is 0.203. The molecule has 0 atom stereocenters. The Kier molecular flexibility index (Phi) is 8.86. The smallest absolute Gasteiger partial charge is 0.341 e. The maximum atomic E-state index is 12.7. The molecule has 4 aromatic rings. The topological polar surface area (TPSA) is 96.9 Å². The molecule has 7 nitrogen and oxygen atoms in total. The van der Waals surface area contributed by atoms with Gasteiger partial charge in [-0.25, -0.2) is 9.59 Å². The molecule has 4 rings (SSSR count). The van der Waals surface area contributed by atoms with E-state index in [9.17, 15) is 9.59 Å². The molecule has 0 bridgehead atoms. The lowest BCUT2D eigenvalue weighted by atomic mass is 10.0. The van der Waals surface area contributed by atoms with Crippen molar-refractivity contribution in [1.29, 1.82) is 0 Å². The molecule has 0 unspecified atom stereocenters. The van der Waals surface area contributed by atoms with Crippen LogP contribution in [0.1, 0.15) is 33.2 Å². The number of rotatable bonds is 8. The average Bonchev–Trinajstić information content (AvgIpc) is 2.93. The van der Waals surface area contributed by atoms with Gasteiger partial charge in [-0.3, -0.25) is 0 Å². The number of aliphatic hydroxyl groups is 1. The highest BCUT2D eigenvalue weighted by Crippen LogP contribution is 2.33. The number of halogens is 2. The number of aliphatic hydroxyl groups excluding tert-OH is 1. The van der Waals surface area contributed by atoms with Gasteiger partial charge in [0.2, 0.25) is 0 Å². The molecule has 0 aliphatic heterocycles. The molecule has 194 valence electrons. The fourth-order valence-corrected chi connectivity index (χ4v) is 3.95. The summed E-state index contributed by atoms with van der Waals surface area (Å²) in [6.45, 7) is -0.0892. The van der Waals surface area contributed by atoms with Crippen molar-refractivity contribution in [3.05, 3.63) is 123 Å². The highest BCUT2D eigenvalue weighted by atomic mass is 35.5. The Hall–Kier alpha value is -4.04. The molecule has 38 heavy (non-hydrogen) atoms. The summed E-state index contributed by atoms with van der Waals surface area (Å²) in [5.41, 5.74) is 3.37. The van der Waals surface area contributed by atoms with Gasteiger partial charge in [-0.2, -0.15) is 0 Å². The molecule has 4 aromatic carbocycles. The van der Waals surface area contributed by atoms with Gasteiger partial charge in [0.15, 0.2) is 0 Å². The average molecular weight is 551 g/mol. The molecule has 0 fully saturated rings. The predicted octanol–water partition coefficient (Wildman–Crippen LogP) is 7.08. The fourth-order valence-electron chi connectivity index (χ4n) is 3.70. The normalized spacial score (nSPS) is 10.7. The summed E-state index contributed by atoms with van der Waals surface area (Å²) in [6, 6.07) is 25.3. The molecule has 9 heteroatoms. The van der Waals surface area contributed by atoms with Gasteiger partial charge in [0.1, 0.15) is 17.4 Å². The number of hydrogen-bond acceptors (Lipinski definition) is 5. The molecule has 0 aromatic heterocycles. The van der Waals surface area contributed by atoms with Crippen LogP contribution in [-0.4, -0.2) is 24.2 Å². The third-order valence-corrected chi connectivity index (χ3v) is 6.13. The van der Waals surface area contributed by atoms with Crippen molar-refractivity contribution >= 4 is 46.6 Å². The number of nitrogens with one attached hydrogen (secondary N) is 2. The molecular formula is C29H24Cl2N2O5. The number of amides is 2. The monoisotopic (exact) mass is 550 g/mol. The van der Waals surface area contributed by atoms with Crippen LogP contribution in [0, 0.1) is 0 Å². The van der Waals surface area contributed by atoms with Crippen molar-refractivity contribution in [2.24, 2.45) is 0 Å². The number of hydrogen-bond donors (Lipinski definition) is 3. The molecule has 2 amide bonds. The second kappa shape index (κ2) is 12.5. The van der Waals surface area contributed by atoms with Gasteiger partial charge in [-0.05, 0) is 71.3 Å². The predicted molar refractivity (Wildman–Crippen MR) is 148 cm³/mol. The Morgan fingerprint density at radius 1 is 0.789 bits per heavy atom. The largest absolute Gasteiger partial charge is 0.480 e. The Labute approximate surface area is 229 Å². The number of ether oxygens (including phenoxy) is 2. The van der Waals surface area contributed by atoms with Crippen LogP contribution in [0.3, 0.4) is 0 Å². The Balaban J connectivity index is 1.60. The van der Waals surface area contributed by atoms with Crippen LogP contribution < -0.4 is 15.4 Å². The lowest BCUT2D eigenvalue weighted by Crippen LogP contribution is -2.20. The Bertz CT molecular complexity index is 1360. The van der Waals surface area contributed by atoms with E-state index in [4.69, 9.17) is 37.8 Å². The van der Waals surface area contributed by atoms with Crippen LogP contribution in [0.2, 0.25) is 10.0 Å². The second-order valence-corrected chi connectivity index (χ2v) is 9.11. The van der Waals surface area contributed by atoms with E-state index in [0.717, 1.165) is 16.7 Å². The van der Waals surface area contributed by atoms with Gasteiger partial charge in [0, 0.05) is 21.4 Å². The highest BCUT2D eigenvalue weighted by Gasteiger charge is 2.22. The highest BCUT2D eigenvalue weighted by molar-refractivity contribution is 6.30. The zero-order valence-corrected chi connectivity index (χ0v) is 21.8. The summed E-state index contributed by atoms with van der Waals surface area (Å²) in [6.07, 6.45) is -0.586. The lowest BCUT2D eigenvalue weighted by molar-refractivity contribution is 0.0594. The van der Waals surface area contributed by atoms with Crippen molar-refractivity contribution in [1.82, 2.24) is 0 Å². The number of methoxy groups -OCH3 is 1. The minimum absolute atomic E-state index is 0.0892. The van der Waals surface area contributed by atoms with Gasteiger partial charge in [0.25, 0.3) is 0 Å². The van der Waals surface area contributed by atoms with Crippen LogP contribution in [0.5, 0.6) is 5.75 Å². The van der Waals surface area contributed by atoms with Gasteiger partial charge >= 0.3 is 12.0 Å². The van der Waals surface area contributed by atoms with E-state index in [1.807, 2.05) is 24.3 Å². The summed E-state index contributed by atoms with van der Waals surface area (Å²) in [7, 11) is 1.27. The van der Waals surface area contributed by atoms with Crippen molar-refractivity contribution in [2.45, 2.75) is 12.7 Å². The molecule has 0 saturated heterocycles. The third kappa shape index (κ3) is 6.83. The van der Waals surface area contributed by atoms with Crippen molar-refractivity contribution in [3.8, 4) is 5.75 Å². The van der Waals surface area contributed by atoms with E-state index in [1.165, 1.54) is 13.2 Å².